The Morgan fingerprint density at radius 2 is 1.93 bits per heavy atom. The summed E-state index contributed by atoms with van der Waals surface area (Å²) in [6.45, 7) is 0. The van der Waals surface area contributed by atoms with Crippen LogP contribution in [0.4, 0.5) is 13.2 Å². The van der Waals surface area contributed by atoms with Crippen molar-refractivity contribution in [2.24, 2.45) is 0 Å². The number of nitrogens with one attached hydrogen (secondary N) is 1. The highest BCUT2D eigenvalue weighted by Crippen LogP contribution is 2.43. The lowest BCUT2D eigenvalue weighted by Gasteiger charge is -2.28. The highest BCUT2D eigenvalue weighted by molar-refractivity contribution is 5.95. The molecule has 0 radical (unpaired) electrons. The number of benzene rings is 1. The van der Waals surface area contributed by atoms with Crippen molar-refractivity contribution in [3.05, 3.63) is 47.3 Å². The van der Waals surface area contributed by atoms with Gasteiger partial charge in [-0.1, -0.05) is 18.9 Å². The van der Waals surface area contributed by atoms with Crippen LogP contribution in [0.15, 0.2) is 30.5 Å². The van der Waals surface area contributed by atoms with Gasteiger partial charge in [-0.15, -0.1) is 0 Å². The van der Waals surface area contributed by atoms with Crippen molar-refractivity contribution in [3.63, 3.8) is 0 Å². The minimum Gasteiger partial charge on any atom is -0.391 e. The standard InChI is InChI=1S/C20H22F3N3O2/c21-20(22,23)13-4-3-5-14(10-13)26-18(12-8-9-12)15(11-24-26)19(28)25-16-6-1-2-7-17(16)27/h3-5,10-12,16-17,27H,1-2,6-9H2,(H,25,28)/t16-,17-/m1/s1. The lowest BCUT2D eigenvalue weighted by atomic mass is 9.92. The van der Waals surface area contributed by atoms with Crippen LogP contribution in [0.25, 0.3) is 5.69 Å². The van der Waals surface area contributed by atoms with Crippen molar-refractivity contribution in [2.75, 3.05) is 0 Å². The first-order chi connectivity index (χ1) is 13.3. The average Bonchev–Trinajstić information content (AvgIpc) is 3.40. The molecule has 1 amide bonds. The molecule has 2 aromatic rings. The van der Waals surface area contributed by atoms with E-state index in [2.05, 4.69) is 10.4 Å². The van der Waals surface area contributed by atoms with Gasteiger partial charge in [0, 0.05) is 5.92 Å². The maximum atomic E-state index is 13.1. The second kappa shape index (κ2) is 7.24. The van der Waals surface area contributed by atoms with E-state index in [0.29, 0.717) is 24.1 Å². The SMILES string of the molecule is O=C(N[C@@H]1CCCC[C@H]1O)c1cnn(-c2cccc(C(F)(F)F)c2)c1C1CC1. The molecule has 0 aliphatic heterocycles. The Bertz CT molecular complexity index is 874. The van der Waals surface area contributed by atoms with E-state index in [1.54, 1.807) is 6.07 Å². The maximum absolute atomic E-state index is 13.1. The van der Waals surface area contributed by atoms with Crippen molar-refractivity contribution < 1.29 is 23.1 Å². The molecule has 5 nitrogen and oxygen atoms in total. The Morgan fingerprint density at radius 1 is 1.18 bits per heavy atom. The molecule has 8 heteroatoms. The fourth-order valence-electron chi connectivity index (χ4n) is 3.83. The summed E-state index contributed by atoms with van der Waals surface area (Å²) in [6.07, 6.45) is 1.40. The number of carbonyl (C=O) groups excluding carboxylic acids is 1. The summed E-state index contributed by atoms with van der Waals surface area (Å²) >= 11 is 0. The van der Waals surface area contributed by atoms with Gasteiger partial charge < -0.3 is 10.4 Å². The highest BCUT2D eigenvalue weighted by atomic mass is 19.4. The van der Waals surface area contributed by atoms with Crippen molar-refractivity contribution in [1.29, 1.82) is 0 Å². The van der Waals surface area contributed by atoms with Crippen LogP contribution in [0.3, 0.4) is 0 Å². The Morgan fingerprint density at radius 3 is 2.61 bits per heavy atom. The van der Waals surface area contributed by atoms with Crippen LogP contribution < -0.4 is 5.32 Å². The normalized spacial score (nSPS) is 22.9. The first kappa shape index (κ1) is 19.0. The molecule has 0 unspecified atom stereocenters. The smallest absolute Gasteiger partial charge is 0.391 e. The third-order valence-electron chi connectivity index (χ3n) is 5.48. The molecule has 0 saturated heterocycles. The Kier molecular flexibility index (Phi) is 4.91. The Hall–Kier alpha value is -2.35. The number of hydrogen-bond donors (Lipinski definition) is 2. The zero-order chi connectivity index (χ0) is 19.9. The quantitative estimate of drug-likeness (QED) is 0.830. The molecule has 28 heavy (non-hydrogen) atoms. The number of carbonyl (C=O) groups is 1. The second-order valence-corrected chi connectivity index (χ2v) is 7.61. The zero-order valence-electron chi connectivity index (χ0n) is 15.2. The Balaban J connectivity index is 1.64. The van der Waals surface area contributed by atoms with Crippen molar-refractivity contribution in [1.82, 2.24) is 15.1 Å². The second-order valence-electron chi connectivity index (χ2n) is 7.61. The Labute approximate surface area is 160 Å². The number of aliphatic hydroxyl groups is 1. The van der Waals surface area contributed by atoms with E-state index in [0.717, 1.165) is 37.8 Å². The molecule has 0 spiro atoms. The molecule has 2 aliphatic carbocycles. The predicted octanol–water partition coefficient (Wildman–Crippen LogP) is 3.80. The third-order valence-corrected chi connectivity index (χ3v) is 5.48. The van der Waals surface area contributed by atoms with E-state index < -0.39 is 17.8 Å². The predicted molar refractivity (Wildman–Crippen MR) is 96.3 cm³/mol. The van der Waals surface area contributed by atoms with Gasteiger partial charge in [0.2, 0.25) is 0 Å². The van der Waals surface area contributed by atoms with Gasteiger partial charge in [0.1, 0.15) is 0 Å². The summed E-state index contributed by atoms with van der Waals surface area (Å²) < 4.78 is 40.6. The van der Waals surface area contributed by atoms with Gasteiger partial charge in [-0.2, -0.15) is 18.3 Å². The summed E-state index contributed by atoms with van der Waals surface area (Å²) in [5, 5.41) is 17.2. The molecule has 1 aromatic heterocycles. The van der Waals surface area contributed by atoms with Crippen molar-refractivity contribution in [2.45, 2.75) is 62.8 Å². The third kappa shape index (κ3) is 3.78. The van der Waals surface area contributed by atoms with Crippen LogP contribution in [-0.4, -0.2) is 32.9 Å². The number of aliphatic hydroxyl groups excluding tert-OH is 1. The monoisotopic (exact) mass is 393 g/mol. The highest BCUT2D eigenvalue weighted by Gasteiger charge is 2.35. The molecule has 150 valence electrons. The van der Waals surface area contributed by atoms with E-state index in [4.69, 9.17) is 0 Å². The summed E-state index contributed by atoms with van der Waals surface area (Å²) in [7, 11) is 0. The lowest BCUT2D eigenvalue weighted by Crippen LogP contribution is -2.45. The average molecular weight is 393 g/mol. The summed E-state index contributed by atoms with van der Waals surface area (Å²) in [5.74, 6) is -0.222. The first-order valence-electron chi connectivity index (χ1n) is 9.59. The number of hydrogen-bond acceptors (Lipinski definition) is 3. The van der Waals surface area contributed by atoms with Gasteiger partial charge in [0.15, 0.2) is 0 Å². The van der Waals surface area contributed by atoms with E-state index >= 15 is 0 Å². The van der Waals surface area contributed by atoms with Gasteiger partial charge in [0.25, 0.3) is 5.91 Å². The minimum absolute atomic E-state index is 0.106. The zero-order valence-corrected chi connectivity index (χ0v) is 15.2. The molecule has 0 bridgehead atoms. The van der Waals surface area contributed by atoms with E-state index in [9.17, 15) is 23.1 Å². The maximum Gasteiger partial charge on any atom is 0.416 e. The number of amides is 1. The minimum atomic E-state index is -4.44. The first-order valence-corrected chi connectivity index (χ1v) is 9.59. The van der Waals surface area contributed by atoms with Crippen LogP contribution in [0.1, 0.15) is 66.1 Å². The number of alkyl halides is 3. The van der Waals surface area contributed by atoms with Crippen LogP contribution >= 0.6 is 0 Å². The van der Waals surface area contributed by atoms with E-state index in [-0.39, 0.29) is 23.6 Å². The molecule has 4 rings (SSSR count). The summed E-state index contributed by atoms with van der Waals surface area (Å²) in [5.41, 5.74) is 0.548. The molecule has 2 atom stereocenters. The van der Waals surface area contributed by atoms with Gasteiger partial charge in [0.05, 0.1) is 40.9 Å². The summed E-state index contributed by atoms with van der Waals surface area (Å²) in [6, 6.07) is 4.66. The van der Waals surface area contributed by atoms with Gasteiger partial charge in [-0.05, 0) is 43.9 Å². The molecule has 2 saturated carbocycles. The van der Waals surface area contributed by atoms with Gasteiger partial charge in [-0.25, -0.2) is 4.68 Å². The largest absolute Gasteiger partial charge is 0.416 e. The molecular formula is C20H22F3N3O2. The van der Waals surface area contributed by atoms with Crippen molar-refractivity contribution in [3.8, 4) is 5.69 Å². The fraction of sp³-hybridized carbons (Fsp3) is 0.500. The molecule has 1 heterocycles. The number of nitrogens with zero attached hydrogens (tertiary/aromatic N) is 2. The van der Waals surface area contributed by atoms with E-state index in [1.807, 2.05) is 0 Å². The van der Waals surface area contributed by atoms with Crippen LogP contribution in [0.5, 0.6) is 0 Å². The van der Waals surface area contributed by atoms with E-state index in [1.165, 1.54) is 16.9 Å². The number of rotatable bonds is 4. The molecule has 2 aliphatic rings. The molecule has 2 N–H and O–H groups in total. The molecule has 1 aromatic carbocycles. The molecule has 2 fully saturated rings. The van der Waals surface area contributed by atoms with Crippen LogP contribution in [0.2, 0.25) is 0 Å². The fourth-order valence-corrected chi connectivity index (χ4v) is 3.83. The van der Waals surface area contributed by atoms with Gasteiger partial charge in [-0.3, -0.25) is 4.79 Å². The van der Waals surface area contributed by atoms with Gasteiger partial charge >= 0.3 is 6.18 Å². The van der Waals surface area contributed by atoms with Crippen LogP contribution in [-0.2, 0) is 6.18 Å². The molecular weight excluding hydrogens is 371 g/mol. The van der Waals surface area contributed by atoms with Crippen molar-refractivity contribution >= 4 is 5.91 Å². The topological polar surface area (TPSA) is 67.2 Å². The summed E-state index contributed by atoms with van der Waals surface area (Å²) in [4.78, 5) is 12.8. The lowest BCUT2D eigenvalue weighted by molar-refractivity contribution is -0.137. The number of halogens is 3. The number of aromatic nitrogens is 2. The van der Waals surface area contributed by atoms with Crippen LogP contribution in [0, 0.1) is 0 Å².